The van der Waals surface area contributed by atoms with E-state index in [1.807, 2.05) is 18.7 Å². The van der Waals surface area contributed by atoms with Gasteiger partial charge in [-0.05, 0) is 25.2 Å². The molecule has 0 aliphatic rings. The van der Waals surface area contributed by atoms with Crippen LogP contribution in [0.2, 0.25) is 0 Å². The van der Waals surface area contributed by atoms with Crippen LogP contribution in [0.3, 0.4) is 0 Å². The van der Waals surface area contributed by atoms with E-state index in [-0.39, 0.29) is 5.76 Å². The number of hydrogen-bond donors (Lipinski definition) is 1. The molecule has 1 aromatic heterocycles. The topological polar surface area (TPSA) is 50.4 Å². The summed E-state index contributed by atoms with van der Waals surface area (Å²) < 4.78 is 5.14. The van der Waals surface area contributed by atoms with Gasteiger partial charge in [0.15, 0.2) is 0 Å². The molecule has 0 aliphatic carbocycles. The number of carbonyl (C=O) groups is 1. The number of carboxylic acids is 1. The van der Waals surface area contributed by atoms with E-state index in [0.717, 1.165) is 22.8 Å². The summed E-state index contributed by atoms with van der Waals surface area (Å²) in [4.78, 5) is 10.7. The number of hydrogen-bond acceptors (Lipinski definition) is 3. The molecule has 0 saturated carbocycles. The molecule has 0 saturated heterocycles. The summed E-state index contributed by atoms with van der Waals surface area (Å²) in [7, 11) is 0. The third-order valence-electron chi connectivity index (χ3n) is 2.38. The summed E-state index contributed by atoms with van der Waals surface area (Å²) in [5, 5.41) is 8.76. The summed E-state index contributed by atoms with van der Waals surface area (Å²) >= 11 is 1.83. The minimum atomic E-state index is -0.995. The van der Waals surface area contributed by atoms with E-state index in [9.17, 15) is 4.79 Å². The molecule has 0 fully saturated rings. The molecule has 1 N–H and O–H groups in total. The Morgan fingerprint density at radius 1 is 1.50 bits per heavy atom. The molecule has 0 radical (unpaired) electrons. The molecular weight excluding hydrogens is 224 g/mol. The number of unbranched alkanes of at least 4 members (excludes halogenated alkanes) is 2. The predicted octanol–water partition coefficient (Wildman–Crippen LogP) is 3.71. The SMILES string of the molecule is CCCCCSCc1cc(C(=O)O)oc1C. The minimum Gasteiger partial charge on any atom is -0.475 e. The predicted molar refractivity (Wildman–Crippen MR) is 66.1 cm³/mol. The Morgan fingerprint density at radius 3 is 2.81 bits per heavy atom. The molecule has 0 unspecified atom stereocenters. The minimum absolute atomic E-state index is 0.0432. The van der Waals surface area contributed by atoms with E-state index < -0.39 is 5.97 Å². The number of thioether (sulfide) groups is 1. The normalized spacial score (nSPS) is 10.6. The zero-order valence-corrected chi connectivity index (χ0v) is 10.6. The second-order valence-electron chi connectivity index (χ2n) is 3.76. The molecule has 90 valence electrons. The lowest BCUT2D eigenvalue weighted by Crippen LogP contribution is -1.91. The lowest BCUT2D eigenvalue weighted by Gasteiger charge is -1.99. The fourth-order valence-electron chi connectivity index (χ4n) is 1.40. The average Bonchev–Trinajstić information content (AvgIpc) is 2.60. The van der Waals surface area contributed by atoms with E-state index in [2.05, 4.69) is 6.92 Å². The Labute approximate surface area is 100 Å². The van der Waals surface area contributed by atoms with Crippen LogP contribution in [0.25, 0.3) is 0 Å². The first kappa shape index (κ1) is 13.2. The number of carboxylic acid groups (broad SMARTS) is 1. The molecule has 3 nitrogen and oxygen atoms in total. The van der Waals surface area contributed by atoms with Gasteiger partial charge in [0, 0.05) is 11.3 Å². The van der Waals surface area contributed by atoms with Crippen molar-refractivity contribution in [2.75, 3.05) is 5.75 Å². The van der Waals surface area contributed by atoms with Crippen molar-refractivity contribution in [3.8, 4) is 0 Å². The fraction of sp³-hybridized carbons (Fsp3) is 0.583. The summed E-state index contributed by atoms with van der Waals surface area (Å²) in [6.07, 6.45) is 3.72. The van der Waals surface area contributed by atoms with Gasteiger partial charge in [0.2, 0.25) is 5.76 Å². The van der Waals surface area contributed by atoms with Crippen LogP contribution in [0, 0.1) is 6.92 Å². The van der Waals surface area contributed by atoms with E-state index in [1.165, 1.54) is 19.3 Å². The van der Waals surface area contributed by atoms with Gasteiger partial charge in [0.25, 0.3) is 0 Å². The van der Waals surface area contributed by atoms with Gasteiger partial charge in [-0.3, -0.25) is 0 Å². The molecule has 4 heteroatoms. The third kappa shape index (κ3) is 3.93. The highest BCUT2D eigenvalue weighted by Crippen LogP contribution is 2.21. The molecule has 0 bridgehead atoms. The van der Waals surface area contributed by atoms with Gasteiger partial charge in [0.1, 0.15) is 5.76 Å². The standard InChI is InChI=1S/C12H18O3S/c1-3-4-5-6-16-8-10-7-11(12(13)14)15-9(10)2/h7H,3-6,8H2,1-2H3,(H,13,14). The Morgan fingerprint density at radius 2 is 2.25 bits per heavy atom. The Balaban J connectivity index is 2.39. The van der Waals surface area contributed by atoms with Crippen LogP contribution in [0.15, 0.2) is 10.5 Å². The smallest absolute Gasteiger partial charge is 0.371 e. The first-order chi connectivity index (χ1) is 7.65. The lowest BCUT2D eigenvalue weighted by molar-refractivity contribution is 0.0661. The van der Waals surface area contributed by atoms with Crippen LogP contribution in [0.1, 0.15) is 48.1 Å². The van der Waals surface area contributed by atoms with Crippen molar-refractivity contribution in [3.05, 3.63) is 23.2 Å². The van der Waals surface area contributed by atoms with Crippen molar-refractivity contribution in [3.63, 3.8) is 0 Å². The molecular formula is C12H18O3S. The van der Waals surface area contributed by atoms with Crippen molar-refractivity contribution in [1.29, 1.82) is 0 Å². The molecule has 0 atom stereocenters. The van der Waals surface area contributed by atoms with Crippen LogP contribution in [-0.2, 0) is 5.75 Å². The zero-order valence-electron chi connectivity index (χ0n) is 9.78. The van der Waals surface area contributed by atoms with Crippen molar-refractivity contribution in [2.45, 2.75) is 38.9 Å². The number of rotatable bonds is 7. The fourth-order valence-corrected chi connectivity index (χ4v) is 2.46. The summed E-state index contributed by atoms with van der Waals surface area (Å²) in [6.45, 7) is 4.00. The van der Waals surface area contributed by atoms with Gasteiger partial charge in [-0.15, -0.1) is 0 Å². The monoisotopic (exact) mass is 242 g/mol. The quantitative estimate of drug-likeness (QED) is 0.740. The molecule has 1 aromatic rings. The number of aromatic carboxylic acids is 1. The van der Waals surface area contributed by atoms with Crippen LogP contribution in [0.5, 0.6) is 0 Å². The number of furan rings is 1. The van der Waals surface area contributed by atoms with Gasteiger partial charge < -0.3 is 9.52 Å². The number of aryl methyl sites for hydroxylation is 1. The van der Waals surface area contributed by atoms with Crippen molar-refractivity contribution in [2.24, 2.45) is 0 Å². The summed E-state index contributed by atoms with van der Waals surface area (Å²) in [5.41, 5.74) is 0.999. The summed E-state index contributed by atoms with van der Waals surface area (Å²) in [6, 6.07) is 1.63. The largest absolute Gasteiger partial charge is 0.475 e. The highest BCUT2D eigenvalue weighted by Gasteiger charge is 2.12. The molecule has 0 amide bonds. The van der Waals surface area contributed by atoms with Crippen LogP contribution in [0.4, 0.5) is 0 Å². The van der Waals surface area contributed by atoms with Gasteiger partial charge >= 0.3 is 5.97 Å². The first-order valence-corrected chi connectivity index (χ1v) is 6.71. The second-order valence-corrected chi connectivity index (χ2v) is 4.86. The highest BCUT2D eigenvalue weighted by atomic mass is 32.2. The van der Waals surface area contributed by atoms with E-state index in [4.69, 9.17) is 9.52 Å². The Hall–Kier alpha value is -0.900. The Kier molecular flexibility index (Phi) is 5.46. The second kappa shape index (κ2) is 6.63. The van der Waals surface area contributed by atoms with Gasteiger partial charge in [-0.25, -0.2) is 4.79 Å². The maximum absolute atomic E-state index is 10.7. The Bertz CT molecular complexity index is 344. The van der Waals surface area contributed by atoms with Gasteiger partial charge in [0.05, 0.1) is 0 Å². The molecule has 16 heavy (non-hydrogen) atoms. The van der Waals surface area contributed by atoms with E-state index >= 15 is 0 Å². The molecule has 1 heterocycles. The highest BCUT2D eigenvalue weighted by molar-refractivity contribution is 7.98. The van der Waals surface area contributed by atoms with E-state index in [1.54, 1.807) is 6.07 Å². The van der Waals surface area contributed by atoms with E-state index in [0.29, 0.717) is 0 Å². The maximum atomic E-state index is 10.7. The summed E-state index contributed by atoms with van der Waals surface area (Å²) in [5.74, 6) is 1.74. The van der Waals surface area contributed by atoms with Crippen molar-refractivity contribution < 1.29 is 14.3 Å². The molecule has 0 aromatic carbocycles. The zero-order chi connectivity index (χ0) is 12.0. The third-order valence-corrected chi connectivity index (χ3v) is 3.47. The maximum Gasteiger partial charge on any atom is 0.371 e. The van der Waals surface area contributed by atoms with Crippen LogP contribution >= 0.6 is 11.8 Å². The average molecular weight is 242 g/mol. The van der Waals surface area contributed by atoms with Crippen LogP contribution < -0.4 is 0 Å². The van der Waals surface area contributed by atoms with Crippen LogP contribution in [-0.4, -0.2) is 16.8 Å². The van der Waals surface area contributed by atoms with Gasteiger partial charge in [-0.2, -0.15) is 11.8 Å². The van der Waals surface area contributed by atoms with Crippen molar-refractivity contribution >= 4 is 17.7 Å². The molecule has 0 aliphatic heterocycles. The molecule has 1 rings (SSSR count). The lowest BCUT2D eigenvalue weighted by atomic mass is 10.3. The molecule has 0 spiro atoms. The van der Waals surface area contributed by atoms with Gasteiger partial charge in [-0.1, -0.05) is 19.8 Å². The first-order valence-electron chi connectivity index (χ1n) is 5.55. The van der Waals surface area contributed by atoms with Crippen molar-refractivity contribution in [1.82, 2.24) is 0 Å².